The van der Waals surface area contributed by atoms with Crippen LogP contribution in [0.4, 0.5) is 0 Å². The molecule has 3 heteroatoms. The lowest BCUT2D eigenvalue weighted by Crippen LogP contribution is -2.10. The first kappa shape index (κ1) is 12.2. The number of benzene rings is 1. The molecular weight excluding hydrogens is 216 g/mol. The Morgan fingerprint density at radius 3 is 2.71 bits per heavy atom. The van der Waals surface area contributed by atoms with Crippen LogP contribution in [0.1, 0.15) is 31.2 Å². The highest BCUT2D eigenvalue weighted by atomic mass is 16.5. The Kier molecular flexibility index (Phi) is 4.26. The topological polar surface area (TPSA) is 38.7 Å². The van der Waals surface area contributed by atoms with Crippen LogP contribution in [-0.4, -0.2) is 18.8 Å². The van der Waals surface area contributed by atoms with Gasteiger partial charge in [0.2, 0.25) is 0 Å². The Bertz CT molecular complexity index is 334. The Balaban J connectivity index is 2.06. The van der Waals surface area contributed by atoms with Crippen LogP contribution in [-0.2, 0) is 6.61 Å². The van der Waals surface area contributed by atoms with Gasteiger partial charge in [-0.05, 0) is 24.8 Å². The van der Waals surface area contributed by atoms with Crippen molar-refractivity contribution in [1.82, 2.24) is 0 Å². The molecule has 0 heterocycles. The Morgan fingerprint density at radius 1 is 1.29 bits per heavy atom. The number of hydrogen-bond acceptors (Lipinski definition) is 3. The van der Waals surface area contributed by atoms with E-state index in [0.717, 1.165) is 12.2 Å². The lowest BCUT2D eigenvalue weighted by atomic mass is 10.1. The molecule has 1 aromatic carbocycles. The highest BCUT2D eigenvalue weighted by Crippen LogP contribution is 2.33. The van der Waals surface area contributed by atoms with Crippen LogP contribution in [0.15, 0.2) is 18.2 Å². The van der Waals surface area contributed by atoms with Crippen molar-refractivity contribution in [1.29, 1.82) is 0 Å². The highest BCUT2D eigenvalue weighted by molar-refractivity contribution is 5.46. The second-order valence-corrected chi connectivity index (χ2v) is 4.57. The largest absolute Gasteiger partial charge is 0.493 e. The first-order chi connectivity index (χ1) is 8.35. The van der Waals surface area contributed by atoms with Crippen molar-refractivity contribution < 1.29 is 14.6 Å². The zero-order valence-corrected chi connectivity index (χ0v) is 10.3. The fourth-order valence-electron chi connectivity index (χ4n) is 2.39. The first-order valence-electron chi connectivity index (χ1n) is 6.24. The maximum absolute atomic E-state index is 9.29. The summed E-state index contributed by atoms with van der Waals surface area (Å²) in [6.45, 7) is 0.713. The van der Waals surface area contributed by atoms with Crippen LogP contribution in [0, 0.1) is 5.92 Å². The van der Waals surface area contributed by atoms with Crippen LogP contribution in [0.25, 0.3) is 0 Å². The minimum absolute atomic E-state index is 0.0167. The minimum atomic E-state index is -0.0167. The van der Waals surface area contributed by atoms with Gasteiger partial charge in [0.1, 0.15) is 0 Å². The summed E-state index contributed by atoms with van der Waals surface area (Å²) in [5, 5.41) is 9.29. The fraction of sp³-hybridized carbons (Fsp3) is 0.571. The molecule has 1 N–H and O–H groups in total. The van der Waals surface area contributed by atoms with Gasteiger partial charge in [-0.15, -0.1) is 0 Å². The number of aliphatic hydroxyl groups excluding tert-OH is 1. The molecule has 0 amide bonds. The molecule has 0 aromatic heterocycles. The van der Waals surface area contributed by atoms with E-state index in [-0.39, 0.29) is 6.61 Å². The number of para-hydroxylation sites is 1. The highest BCUT2D eigenvalue weighted by Gasteiger charge is 2.17. The van der Waals surface area contributed by atoms with Gasteiger partial charge >= 0.3 is 0 Å². The molecular formula is C14H20O3. The predicted octanol–water partition coefficient (Wildman–Crippen LogP) is 2.76. The Labute approximate surface area is 102 Å². The van der Waals surface area contributed by atoms with Gasteiger partial charge in [0.05, 0.1) is 20.3 Å². The van der Waals surface area contributed by atoms with E-state index in [2.05, 4.69) is 0 Å². The van der Waals surface area contributed by atoms with E-state index in [0.29, 0.717) is 17.4 Å². The van der Waals surface area contributed by atoms with Gasteiger partial charge in [0.25, 0.3) is 0 Å². The fourth-order valence-corrected chi connectivity index (χ4v) is 2.39. The van der Waals surface area contributed by atoms with E-state index in [1.54, 1.807) is 7.11 Å². The molecule has 0 atom stereocenters. The van der Waals surface area contributed by atoms with Gasteiger partial charge in [-0.25, -0.2) is 0 Å². The van der Waals surface area contributed by atoms with E-state index < -0.39 is 0 Å². The summed E-state index contributed by atoms with van der Waals surface area (Å²) in [6.07, 6.45) is 5.13. The third kappa shape index (κ3) is 2.91. The number of aliphatic hydroxyl groups is 1. The molecule has 17 heavy (non-hydrogen) atoms. The lowest BCUT2D eigenvalue weighted by Gasteiger charge is -2.16. The Hall–Kier alpha value is -1.22. The summed E-state index contributed by atoms with van der Waals surface area (Å²) in [6, 6.07) is 5.60. The van der Waals surface area contributed by atoms with Crippen molar-refractivity contribution in [3.63, 3.8) is 0 Å². The van der Waals surface area contributed by atoms with Crippen LogP contribution >= 0.6 is 0 Å². The molecule has 0 radical (unpaired) electrons. The monoisotopic (exact) mass is 236 g/mol. The van der Waals surface area contributed by atoms with Crippen LogP contribution < -0.4 is 9.47 Å². The summed E-state index contributed by atoms with van der Waals surface area (Å²) < 4.78 is 11.1. The molecule has 1 fully saturated rings. The molecule has 0 spiro atoms. The number of ether oxygens (including phenoxy) is 2. The zero-order valence-electron chi connectivity index (χ0n) is 10.3. The van der Waals surface area contributed by atoms with Crippen molar-refractivity contribution in [2.45, 2.75) is 32.3 Å². The van der Waals surface area contributed by atoms with Gasteiger partial charge in [0, 0.05) is 5.56 Å². The Morgan fingerprint density at radius 2 is 2.06 bits per heavy atom. The van der Waals surface area contributed by atoms with E-state index >= 15 is 0 Å². The average molecular weight is 236 g/mol. The minimum Gasteiger partial charge on any atom is -0.493 e. The summed E-state index contributed by atoms with van der Waals surface area (Å²) >= 11 is 0. The van der Waals surface area contributed by atoms with E-state index in [9.17, 15) is 5.11 Å². The molecule has 0 aliphatic heterocycles. The van der Waals surface area contributed by atoms with Crippen molar-refractivity contribution in [3.05, 3.63) is 23.8 Å². The van der Waals surface area contributed by atoms with Crippen LogP contribution in [0.3, 0.4) is 0 Å². The number of methoxy groups -OCH3 is 1. The second kappa shape index (κ2) is 5.92. The molecule has 3 nitrogen and oxygen atoms in total. The van der Waals surface area contributed by atoms with Crippen molar-refractivity contribution in [2.24, 2.45) is 5.92 Å². The molecule has 1 aromatic rings. The predicted molar refractivity (Wildman–Crippen MR) is 66.4 cm³/mol. The third-order valence-electron chi connectivity index (χ3n) is 3.39. The molecule has 1 saturated carbocycles. The molecule has 1 aliphatic carbocycles. The van der Waals surface area contributed by atoms with E-state index in [1.807, 2.05) is 18.2 Å². The molecule has 0 bridgehead atoms. The molecule has 0 saturated heterocycles. The SMILES string of the molecule is COc1cccc(CO)c1OCC1CCCC1. The standard InChI is InChI=1S/C14H20O3/c1-16-13-8-4-7-12(9-15)14(13)17-10-11-5-2-3-6-11/h4,7-8,11,15H,2-3,5-6,9-10H2,1H3. The van der Waals surface area contributed by atoms with Crippen molar-refractivity contribution in [3.8, 4) is 11.5 Å². The molecule has 94 valence electrons. The lowest BCUT2D eigenvalue weighted by molar-refractivity contribution is 0.225. The van der Waals surface area contributed by atoms with Crippen LogP contribution in [0.5, 0.6) is 11.5 Å². The summed E-state index contributed by atoms with van der Waals surface area (Å²) in [7, 11) is 1.62. The maximum atomic E-state index is 9.29. The van der Waals surface area contributed by atoms with Gasteiger partial charge < -0.3 is 14.6 Å². The average Bonchev–Trinajstić information content (AvgIpc) is 2.88. The number of rotatable bonds is 5. The van der Waals surface area contributed by atoms with E-state index in [1.165, 1.54) is 25.7 Å². The number of hydrogen-bond donors (Lipinski definition) is 1. The zero-order chi connectivity index (χ0) is 12.1. The van der Waals surface area contributed by atoms with E-state index in [4.69, 9.17) is 9.47 Å². The smallest absolute Gasteiger partial charge is 0.166 e. The van der Waals surface area contributed by atoms with Crippen LogP contribution in [0.2, 0.25) is 0 Å². The molecule has 1 aliphatic rings. The molecule has 0 unspecified atom stereocenters. The first-order valence-corrected chi connectivity index (χ1v) is 6.24. The van der Waals surface area contributed by atoms with Crippen molar-refractivity contribution in [2.75, 3.05) is 13.7 Å². The van der Waals surface area contributed by atoms with Gasteiger partial charge in [-0.3, -0.25) is 0 Å². The maximum Gasteiger partial charge on any atom is 0.166 e. The quantitative estimate of drug-likeness (QED) is 0.854. The summed E-state index contributed by atoms with van der Waals surface area (Å²) in [5.74, 6) is 2.06. The van der Waals surface area contributed by atoms with Crippen molar-refractivity contribution >= 4 is 0 Å². The van der Waals surface area contributed by atoms with Gasteiger partial charge in [-0.1, -0.05) is 25.0 Å². The van der Waals surface area contributed by atoms with Gasteiger partial charge in [-0.2, -0.15) is 0 Å². The van der Waals surface area contributed by atoms with Gasteiger partial charge in [0.15, 0.2) is 11.5 Å². The summed E-state index contributed by atoms with van der Waals surface area (Å²) in [4.78, 5) is 0. The third-order valence-corrected chi connectivity index (χ3v) is 3.39. The summed E-state index contributed by atoms with van der Waals surface area (Å²) in [5.41, 5.74) is 0.794. The second-order valence-electron chi connectivity index (χ2n) is 4.57. The molecule has 2 rings (SSSR count). The normalized spacial score (nSPS) is 16.1.